The summed E-state index contributed by atoms with van der Waals surface area (Å²) >= 11 is 0. The van der Waals surface area contributed by atoms with Gasteiger partial charge in [0, 0.05) is 53.4 Å². The number of nitrogens with one attached hydrogen (secondary N) is 5. The number of likely N-dealkylation sites (tertiary alicyclic amines) is 4. The molecule has 1 aromatic carbocycles. The van der Waals surface area contributed by atoms with Crippen LogP contribution in [0.1, 0.15) is 116 Å². The largest absolute Gasteiger partial charge is 0.480 e. The Morgan fingerprint density at radius 3 is 1.48 bits per heavy atom. The van der Waals surface area contributed by atoms with E-state index in [-0.39, 0.29) is 65.1 Å². The molecular formula is C55H84N12O15. The fraction of sp³-hybridized carbons (Fsp3) is 0.673. The van der Waals surface area contributed by atoms with Gasteiger partial charge in [0.25, 0.3) is 0 Å². The monoisotopic (exact) mass is 1150 g/mol. The summed E-state index contributed by atoms with van der Waals surface area (Å²) in [6.45, 7) is 2.80. The lowest BCUT2D eigenvalue weighted by Gasteiger charge is -2.37. The quantitative estimate of drug-likeness (QED) is 0.0837. The van der Waals surface area contributed by atoms with Crippen LogP contribution in [0.25, 0.3) is 0 Å². The first kappa shape index (κ1) is 65.2. The number of aliphatic carboxylic acids is 1. The number of likely N-dealkylation sites (N-methyl/N-ethyl adjacent to an activating group) is 2. The van der Waals surface area contributed by atoms with Gasteiger partial charge in [-0.05, 0) is 90.5 Å². The van der Waals surface area contributed by atoms with Gasteiger partial charge < -0.3 is 76.3 Å². The Morgan fingerprint density at radius 1 is 0.573 bits per heavy atom. The first-order valence-corrected chi connectivity index (χ1v) is 28.4. The number of piperidine rings is 2. The van der Waals surface area contributed by atoms with E-state index in [1.165, 1.54) is 38.6 Å². The van der Waals surface area contributed by atoms with Crippen molar-refractivity contribution in [2.24, 2.45) is 5.73 Å². The molecule has 27 nitrogen and oxygen atoms in total. The highest BCUT2D eigenvalue weighted by Gasteiger charge is 2.41. The lowest BCUT2D eigenvalue weighted by Crippen LogP contribution is -2.61. The van der Waals surface area contributed by atoms with Gasteiger partial charge in [-0.1, -0.05) is 56.0 Å². The standard InChI is InChI=1S/C55H84N12O15/c1-55(2,3)82-54(80)61-38(31-58-48(73)39-21-11-7-15-25-64(39)45(70)33-62(4)43(68)29-56)50(75)66-27-17-13-23-41(66)49(74)59-32-44(69)63(5)34-46(71)65-26-16-8-12-22-40(65)47(72)57-30-37(51(76)67-28-18-14-24-42(67)52(77)78)60-53(79)81-35-36-19-9-6-10-20-36/h6,9-10,19-20,37-42H,7-8,11-18,21-35,56H2,1-5H3,(H,57,72)(H,58,73)(H,59,74)(H,60,79)(H,61,80)(H,77,78)/t37-,38-,39+,40+,41+,42?/m1/s1. The highest BCUT2D eigenvalue weighted by atomic mass is 16.6. The Labute approximate surface area is 478 Å². The number of carbonyl (C=O) groups excluding carboxylic acids is 11. The van der Waals surface area contributed by atoms with Gasteiger partial charge in [-0.25, -0.2) is 14.4 Å². The second kappa shape index (κ2) is 31.6. The van der Waals surface area contributed by atoms with Gasteiger partial charge in [0.2, 0.25) is 53.2 Å². The van der Waals surface area contributed by atoms with Gasteiger partial charge in [0.1, 0.15) is 48.5 Å². The molecule has 454 valence electrons. The minimum absolute atomic E-state index is 0.0860. The Balaban J connectivity index is 1.21. The summed E-state index contributed by atoms with van der Waals surface area (Å²) in [5.74, 6) is -6.75. The average Bonchev–Trinajstić information content (AvgIpc) is 4.05. The number of nitrogens with zero attached hydrogens (tertiary/aromatic N) is 6. The van der Waals surface area contributed by atoms with E-state index in [1.807, 2.05) is 0 Å². The number of alkyl carbamates (subject to hydrolysis) is 2. The third kappa shape index (κ3) is 19.6. The molecule has 4 heterocycles. The van der Waals surface area contributed by atoms with Crippen LogP contribution in [0.4, 0.5) is 9.59 Å². The molecule has 4 aliphatic rings. The summed E-state index contributed by atoms with van der Waals surface area (Å²) in [5, 5.41) is 23.0. The maximum atomic E-state index is 14.5. The van der Waals surface area contributed by atoms with E-state index >= 15 is 0 Å². The van der Waals surface area contributed by atoms with E-state index < -0.39 is 139 Å². The van der Waals surface area contributed by atoms with Crippen molar-refractivity contribution in [3.05, 3.63) is 35.9 Å². The smallest absolute Gasteiger partial charge is 0.408 e. The molecule has 5 rings (SSSR count). The fourth-order valence-electron chi connectivity index (χ4n) is 10.4. The number of hydrogen-bond donors (Lipinski definition) is 7. The van der Waals surface area contributed by atoms with Crippen LogP contribution in [0.3, 0.4) is 0 Å². The van der Waals surface area contributed by atoms with Crippen LogP contribution >= 0.6 is 0 Å². The molecule has 27 heteroatoms. The van der Waals surface area contributed by atoms with Crippen molar-refractivity contribution in [2.45, 2.75) is 159 Å². The molecular weight excluding hydrogens is 1070 g/mol. The van der Waals surface area contributed by atoms with Crippen LogP contribution in [0, 0.1) is 0 Å². The zero-order valence-electron chi connectivity index (χ0n) is 48.0. The van der Waals surface area contributed by atoms with Gasteiger partial charge in [-0.3, -0.25) is 43.2 Å². The Kier molecular flexibility index (Phi) is 25.1. The van der Waals surface area contributed by atoms with Crippen LogP contribution in [-0.4, -0.2) is 227 Å². The summed E-state index contributed by atoms with van der Waals surface area (Å²) in [6.07, 6.45) is 4.91. The Bertz CT molecular complexity index is 2440. The number of hydrogen-bond acceptors (Lipinski definition) is 15. The molecule has 6 atom stereocenters. The minimum atomic E-state index is -1.44. The van der Waals surface area contributed by atoms with E-state index in [9.17, 15) is 62.6 Å². The van der Waals surface area contributed by atoms with E-state index in [1.54, 1.807) is 51.1 Å². The molecule has 0 saturated carbocycles. The molecule has 11 amide bonds. The summed E-state index contributed by atoms with van der Waals surface area (Å²) in [7, 11) is 2.79. The topological polar surface area (TPSA) is 349 Å². The highest BCUT2D eigenvalue weighted by Crippen LogP contribution is 2.23. The maximum Gasteiger partial charge on any atom is 0.408 e. The Hall–Kier alpha value is -7.58. The molecule has 82 heavy (non-hydrogen) atoms. The van der Waals surface area contributed by atoms with Crippen molar-refractivity contribution in [3.8, 4) is 0 Å². The van der Waals surface area contributed by atoms with E-state index in [4.69, 9.17) is 15.2 Å². The number of benzene rings is 1. The van der Waals surface area contributed by atoms with E-state index in [2.05, 4.69) is 26.6 Å². The van der Waals surface area contributed by atoms with Crippen molar-refractivity contribution in [2.75, 3.05) is 79.5 Å². The predicted octanol–water partition coefficient (Wildman–Crippen LogP) is -0.212. The number of carboxylic acid groups (broad SMARTS) is 1. The number of amides is 11. The SMILES string of the molecule is CN(CC(=O)N1CCCCC[C@H]1C(=O)NC[C@@H](NC(=O)OC(C)(C)C)C(=O)N1CCCC[C@H]1C(=O)NCC(=O)N(C)CC(=O)N1CCCCC[C@H]1C(=O)NC[C@@H](NC(=O)OCc1ccccc1)C(=O)N1CCCCC1C(=O)O)C(=O)CN. The third-order valence-corrected chi connectivity index (χ3v) is 14.8. The summed E-state index contributed by atoms with van der Waals surface area (Å²) in [6, 6.07) is 1.68. The van der Waals surface area contributed by atoms with Crippen molar-refractivity contribution in [1.29, 1.82) is 0 Å². The molecule has 0 radical (unpaired) electrons. The van der Waals surface area contributed by atoms with Crippen LogP contribution in [-0.2, 0) is 64.0 Å². The van der Waals surface area contributed by atoms with Gasteiger partial charge in [0.05, 0.1) is 26.2 Å². The van der Waals surface area contributed by atoms with Crippen molar-refractivity contribution < 1.29 is 72.1 Å². The highest BCUT2D eigenvalue weighted by molar-refractivity contribution is 5.96. The summed E-state index contributed by atoms with van der Waals surface area (Å²) < 4.78 is 10.8. The molecule has 1 aromatic rings. The van der Waals surface area contributed by atoms with Crippen LogP contribution in [0.15, 0.2) is 30.3 Å². The lowest BCUT2D eigenvalue weighted by molar-refractivity contribution is -0.153. The van der Waals surface area contributed by atoms with Crippen LogP contribution < -0.4 is 32.3 Å². The fourth-order valence-corrected chi connectivity index (χ4v) is 10.4. The molecule has 0 spiro atoms. The minimum Gasteiger partial charge on any atom is -0.480 e. The van der Waals surface area contributed by atoms with Gasteiger partial charge in [-0.15, -0.1) is 0 Å². The zero-order chi connectivity index (χ0) is 60.1. The zero-order valence-corrected chi connectivity index (χ0v) is 48.0. The van der Waals surface area contributed by atoms with Crippen LogP contribution in [0.2, 0.25) is 0 Å². The second-order valence-electron chi connectivity index (χ2n) is 22.2. The number of rotatable bonds is 21. The molecule has 1 unspecified atom stereocenters. The molecule has 4 fully saturated rings. The number of nitrogens with two attached hydrogens (primary N) is 1. The first-order valence-electron chi connectivity index (χ1n) is 28.4. The molecule has 0 aromatic heterocycles. The maximum absolute atomic E-state index is 14.5. The summed E-state index contributed by atoms with van der Waals surface area (Å²) in [5.41, 5.74) is 5.18. The molecule has 8 N–H and O–H groups in total. The number of carboxylic acids is 1. The normalized spacial score (nSPS) is 20.2. The van der Waals surface area contributed by atoms with Crippen LogP contribution in [0.5, 0.6) is 0 Å². The summed E-state index contributed by atoms with van der Waals surface area (Å²) in [4.78, 5) is 170. The lowest BCUT2D eigenvalue weighted by atomic mass is 10.00. The molecule has 4 aliphatic heterocycles. The average molecular weight is 1150 g/mol. The van der Waals surface area contributed by atoms with Gasteiger partial charge in [0.15, 0.2) is 0 Å². The Morgan fingerprint density at radius 2 is 0.988 bits per heavy atom. The van der Waals surface area contributed by atoms with Gasteiger partial charge >= 0.3 is 18.2 Å². The number of ether oxygens (including phenoxy) is 2. The third-order valence-electron chi connectivity index (χ3n) is 14.8. The molecule has 4 saturated heterocycles. The second-order valence-corrected chi connectivity index (χ2v) is 22.2. The van der Waals surface area contributed by atoms with Crippen molar-refractivity contribution in [1.82, 2.24) is 56.0 Å². The molecule has 0 aliphatic carbocycles. The van der Waals surface area contributed by atoms with E-state index in [0.717, 1.165) is 11.3 Å². The predicted molar refractivity (Wildman–Crippen MR) is 294 cm³/mol. The van der Waals surface area contributed by atoms with E-state index in [0.29, 0.717) is 69.8 Å². The number of carbonyl (C=O) groups is 12. The van der Waals surface area contributed by atoms with Crippen molar-refractivity contribution >= 4 is 71.3 Å². The van der Waals surface area contributed by atoms with Crippen molar-refractivity contribution in [3.63, 3.8) is 0 Å². The first-order chi connectivity index (χ1) is 39.0. The molecule has 0 bridgehead atoms. The van der Waals surface area contributed by atoms with Gasteiger partial charge in [-0.2, -0.15) is 0 Å².